The molecular weight excluding hydrogens is 290 g/mol. The van der Waals surface area contributed by atoms with E-state index in [2.05, 4.69) is 0 Å². The van der Waals surface area contributed by atoms with Crippen LogP contribution in [0.2, 0.25) is 0 Å². The second-order valence-electron chi connectivity index (χ2n) is 6.01. The van der Waals surface area contributed by atoms with E-state index in [9.17, 15) is 9.59 Å². The molecule has 0 saturated carbocycles. The molecule has 0 bridgehead atoms. The molecule has 2 aromatic rings. The van der Waals surface area contributed by atoms with E-state index in [4.69, 9.17) is 4.74 Å². The first-order valence-corrected chi connectivity index (χ1v) is 7.58. The number of likely N-dealkylation sites (tertiary alicyclic amines) is 1. The van der Waals surface area contributed by atoms with E-state index < -0.39 is 5.41 Å². The van der Waals surface area contributed by atoms with Crippen molar-refractivity contribution in [1.29, 1.82) is 0 Å². The van der Waals surface area contributed by atoms with E-state index >= 15 is 0 Å². The number of carbonyl (C=O) groups excluding carboxylic acids is 2. The van der Waals surface area contributed by atoms with Crippen LogP contribution in [0, 0.1) is 0 Å². The Hall–Kier alpha value is -2.62. The van der Waals surface area contributed by atoms with Crippen LogP contribution in [0.25, 0.3) is 0 Å². The average Bonchev–Trinajstić information content (AvgIpc) is 2.81. The van der Waals surface area contributed by atoms with Crippen molar-refractivity contribution in [3.8, 4) is 5.75 Å². The third-order valence-corrected chi connectivity index (χ3v) is 4.43. The van der Waals surface area contributed by atoms with Crippen LogP contribution in [-0.2, 0) is 21.5 Å². The molecule has 1 fully saturated rings. The van der Waals surface area contributed by atoms with Crippen LogP contribution in [0.4, 0.5) is 0 Å². The third kappa shape index (κ3) is 2.72. The van der Waals surface area contributed by atoms with Gasteiger partial charge in [0.1, 0.15) is 5.75 Å². The molecule has 1 saturated heterocycles. The van der Waals surface area contributed by atoms with Gasteiger partial charge in [-0.3, -0.25) is 14.5 Å². The zero-order valence-corrected chi connectivity index (χ0v) is 13.3. The summed E-state index contributed by atoms with van der Waals surface area (Å²) >= 11 is 0. The molecule has 0 spiro atoms. The van der Waals surface area contributed by atoms with Gasteiger partial charge < -0.3 is 4.74 Å². The van der Waals surface area contributed by atoms with Crippen LogP contribution in [-0.4, -0.2) is 23.8 Å². The smallest absolute Gasteiger partial charge is 0.240 e. The Morgan fingerprint density at radius 1 is 1.04 bits per heavy atom. The summed E-state index contributed by atoms with van der Waals surface area (Å²) in [6.45, 7) is 2.14. The molecule has 1 aliphatic rings. The fourth-order valence-corrected chi connectivity index (χ4v) is 2.99. The fraction of sp³-hybridized carbons (Fsp3) is 0.263. The van der Waals surface area contributed by atoms with Crippen LogP contribution in [0.3, 0.4) is 0 Å². The normalized spacial score (nSPS) is 20.9. The van der Waals surface area contributed by atoms with Crippen molar-refractivity contribution in [3.05, 3.63) is 65.7 Å². The minimum Gasteiger partial charge on any atom is -0.497 e. The second-order valence-corrected chi connectivity index (χ2v) is 6.01. The zero-order chi connectivity index (χ0) is 16.4. The molecular formula is C19H19NO3. The molecule has 1 heterocycles. The van der Waals surface area contributed by atoms with Gasteiger partial charge in [-0.2, -0.15) is 0 Å². The Balaban J connectivity index is 1.84. The number of methoxy groups -OCH3 is 1. The van der Waals surface area contributed by atoms with E-state index in [1.54, 1.807) is 7.11 Å². The lowest BCUT2D eigenvalue weighted by atomic mass is 9.81. The lowest BCUT2D eigenvalue weighted by Gasteiger charge is -2.22. The number of amides is 2. The molecule has 1 atom stereocenters. The number of ether oxygens (including phenoxy) is 1. The molecule has 23 heavy (non-hydrogen) atoms. The van der Waals surface area contributed by atoms with E-state index in [1.165, 1.54) is 4.90 Å². The Labute approximate surface area is 135 Å². The summed E-state index contributed by atoms with van der Waals surface area (Å²) in [6.07, 6.45) is 0.214. The predicted molar refractivity (Wildman–Crippen MR) is 87.0 cm³/mol. The van der Waals surface area contributed by atoms with E-state index in [0.717, 1.165) is 16.9 Å². The summed E-state index contributed by atoms with van der Waals surface area (Å²) in [7, 11) is 1.60. The van der Waals surface area contributed by atoms with Gasteiger partial charge in [0.25, 0.3) is 0 Å². The topological polar surface area (TPSA) is 46.6 Å². The molecule has 0 radical (unpaired) electrons. The molecule has 4 heteroatoms. The quantitative estimate of drug-likeness (QED) is 0.816. The molecule has 1 unspecified atom stereocenters. The highest BCUT2D eigenvalue weighted by molar-refractivity contribution is 6.08. The summed E-state index contributed by atoms with van der Waals surface area (Å²) in [5, 5.41) is 0. The van der Waals surface area contributed by atoms with Crippen molar-refractivity contribution in [1.82, 2.24) is 4.90 Å². The lowest BCUT2D eigenvalue weighted by molar-refractivity contribution is -0.140. The fourth-order valence-electron chi connectivity index (χ4n) is 2.99. The van der Waals surface area contributed by atoms with Gasteiger partial charge >= 0.3 is 0 Å². The second kappa shape index (κ2) is 5.88. The summed E-state index contributed by atoms with van der Waals surface area (Å²) < 4.78 is 5.12. The Morgan fingerprint density at radius 3 is 2.30 bits per heavy atom. The SMILES string of the molecule is COc1ccc(CN2C(=O)CC(C)(c3ccccc3)C2=O)cc1. The van der Waals surface area contributed by atoms with E-state index in [-0.39, 0.29) is 18.2 Å². The van der Waals surface area contributed by atoms with Crippen molar-refractivity contribution in [3.63, 3.8) is 0 Å². The standard InChI is InChI=1S/C19H19NO3/c1-19(15-6-4-3-5-7-15)12-17(21)20(18(19)22)13-14-8-10-16(23-2)11-9-14/h3-11H,12-13H2,1-2H3. The van der Waals surface area contributed by atoms with Gasteiger partial charge in [-0.05, 0) is 30.2 Å². The van der Waals surface area contributed by atoms with Gasteiger partial charge in [-0.1, -0.05) is 42.5 Å². The van der Waals surface area contributed by atoms with Crippen molar-refractivity contribution in [2.75, 3.05) is 7.11 Å². The molecule has 1 aliphatic heterocycles. The summed E-state index contributed by atoms with van der Waals surface area (Å²) in [5.74, 6) is 0.489. The monoisotopic (exact) mass is 309 g/mol. The predicted octanol–water partition coefficient (Wildman–Crippen LogP) is 2.91. The van der Waals surface area contributed by atoms with Crippen LogP contribution in [0.15, 0.2) is 54.6 Å². The largest absolute Gasteiger partial charge is 0.497 e. The molecule has 0 aliphatic carbocycles. The summed E-state index contributed by atoms with van der Waals surface area (Å²) in [6, 6.07) is 16.9. The Bertz CT molecular complexity index is 724. The van der Waals surface area contributed by atoms with E-state index in [1.807, 2.05) is 61.5 Å². The molecule has 0 aromatic heterocycles. The van der Waals surface area contributed by atoms with Gasteiger partial charge in [-0.15, -0.1) is 0 Å². The van der Waals surface area contributed by atoms with Crippen molar-refractivity contribution in [2.45, 2.75) is 25.3 Å². The minimum atomic E-state index is -0.773. The van der Waals surface area contributed by atoms with Crippen LogP contribution in [0.5, 0.6) is 5.75 Å². The highest BCUT2D eigenvalue weighted by Gasteiger charge is 2.49. The van der Waals surface area contributed by atoms with Crippen molar-refractivity contribution < 1.29 is 14.3 Å². The number of nitrogens with zero attached hydrogens (tertiary/aromatic N) is 1. The number of imide groups is 1. The number of carbonyl (C=O) groups is 2. The van der Waals surface area contributed by atoms with Gasteiger partial charge in [0.2, 0.25) is 11.8 Å². The van der Waals surface area contributed by atoms with Crippen LogP contribution in [0.1, 0.15) is 24.5 Å². The lowest BCUT2D eigenvalue weighted by Crippen LogP contribution is -2.36. The first-order valence-electron chi connectivity index (χ1n) is 7.58. The minimum absolute atomic E-state index is 0.128. The third-order valence-electron chi connectivity index (χ3n) is 4.43. The Morgan fingerprint density at radius 2 is 1.70 bits per heavy atom. The summed E-state index contributed by atoms with van der Waals surface area (Å²) in [4.78, 5) is 26.6. The molecule has 3 rings (SSSR count). The molecule has 118 valence electrons. The highest BCUT2D eigenvalue weighted by Crippen LogP contribution is 2.36. The molecule has 4 nitrogen and oxygen atoms in total. The number of hydrogen-bond donors (Lipinski definition) is 0. The van der Waals surface area contributed by atoms with Crippen molar-refractivity contribution >= 4 is 11.8 Å². The van der Waals surface area contributed by atoms with Crippen LogP contribution >= 0.6 is 0 Å². The average molecular weight is 309 g/mol. The summed E-state index contributed by atoms with van der Waals surface area (Å²) in [5.41, 5.74) is 1.02. The number of benzene rings is 2. The number of rotatable bonds is 4. The maximum Gasteiger partial charge on any atom is 0.240 e. The molecule has 0 N–H and O–H groups in total. The Kier molecular flexibility index (Phi) is 3.90. The zero-order valence-electron chi connectivity index (χ0n) is 13.3. The highest BCUT2D eigenvalue weighted by atomic mass is 16.5. The maximum atomic E-state index is 12.8. The van der Waals surface area contributed by atoms with Gasteiger partial charge in [0.15, 0.2) is 0 Å². The molecule has 2 amide bonds. The first kappa shape index (κ1) is 15.3. The van der Waals surface area contributed by atoms with E-state index in [0.29, 0.717) is 6.54 Å². The van der Waals surface area contributed by atoms with Gasteiger partial charge in [0, 0.05) is 6.42 Å². The van der Waals surface area contributed by atoms with Crippen molar-refractivity contribution in [2.24, 2.45) is 0 Å². The van der Waals surface area contributed by atoms with Crippen LogP contribution < -0.4 is 4.74 Å². The van der Waals surface area contributed by atoms with Gasteiger partial charge in [-0.25, -0.2) is 0 Å². The molecule has 2 aromatic carbocycles. The van der Waals surface area contributed by atoms with Gasteiger partial charge in [0.05, 0.1) is 19.1 Å². The number of hydrogen-bond acceptors (Lipinski definition) is 3. The first-order chi connectivity index (χ1) is 11.0. The maximum absolute atomic E-state index is 12.8.